The molecule has 2 aromatic heterocycles. The monoisotopic (exact) mass is 271 g/mol. The van der Waals surface area contributed by atoms with Gasteiger partial charge in [0.1, 0.15) is 5.82 Å². The van der Waals surface area contributed by atoms with Crippen molar-refractivity contribution in [3.05, 3.63) is 47.6 Å². The molecule has 0 bridgehead atoms. The van der Waals surface area contributed by atoms with Crippen molar-refractivity contribution in [1.29, 1.82) is 0 Å². The van der Waals surface area contributed by atoms with E-state index in [0.29, 0.717) is 10.9 Å². The summed E-state index contributed by atoms with van der Waals surface area (Å²) in [6.07, 6.45) is 1.68. The van der Waals surface area contributed by atoms with E-state index in [2.05, 4.69) is 15.3 Å². The molecular formula is C13H9N3O2S. The molecule has 0 fully saturated rings. The fraction of sp³-hybridized carbons (Fsp3) is 0. The molecule has 0 spiro atoms. The Morgan fingerprint density at radius 1 is 1.32 bits per heavy atom. The molecule has 0 amide bonds. The van der Waals surface area contributed by atoms with Crippen LogP contribution in [0.3, 0.4) is 0 Å². The van der Waals surface area contributed by atoms with Crippen LogP contribution in [0.4, 0.5) is 10.9 Å². The summed E-state index contributed by atoms with van der Waals surface area (Å²) >= 11 is 1.43. The summed E-state index contributed by atoms with van der Waals surface area (Å²) in [6.45, 7) is 0. The van der Waals surface area contributed by atoms with Crippen LogP contribution < -0.4 is 5.32 Å². The molecule has 0 aliphatic carbocycles. The fourth-order valence-electron chi connectivity index (χ4n) is 1.79. The quantitative estimate of drug-likeness (QED) is 0.765. The predicted molar refractivity (Wildman–Crippen MR) is 74.1 cm³/mol. The van der Waals surface area contributed by atoms with Crippen LogP contribution in [-0.2, 0) is 0 Å². The Balaban J connectivity index is 2.17. The maximum absolute atomic E-state index is 11.1. The number of carbonyl (C=O) groups is 1. The minimum atomic E-state index is -1.05. The minimum absolute atomic E-state index is 0.0118. The molecule has 0 unspecified atom stereocenters. The zero-order chi connectivity index (χ0) is 13.2. The van der Waals surface area contributed by atoms with Gasteiger partial charge in [0.2, 0.25) is 0 Å². The topological polar surface area (TPSA) is 75.1 Å². The third kappa shape index (κ3) is 2.25. The Kier molecular flexibility index (Phi) is 2.85. The van der Waals surface area contributed by atoms with E-state index < -0.39 is 5.97 Å². The van der Waals surface area contributed by atoms with Crippen molar-refractivity contribution in [2.45, 2.75) is 0 Å². The van der Waals surface area contributed by atoms with Crippen LogP contribution in [0.5, 0.6) is 0 Å². The first kappa shape index (κ1) is 11.6. The number of aromatic carboxylic acids is 1. The van der Waals surface area contributed by atoms with Crippen molar-refractivity contribution < 1.29 is 9.90 Å². The maximum atomic E-state index is 11.1. The second-order valence-electron chi connectivity index (χ2n) is 3.84. The number of carboxylic acids is 1. The Morgan fingerprint density at radius 2 is 2.16 bits per heavy atom. The van der Waals surface area contributed by atoms with Gasteiger partial charge in [-0.2, -0.15) is 0 Å². The molecule has 3 aromatic rings. The first-order valence-electron chi connectivity index (χ1n) is 5.53. The van der Waals surface area contributed by atoms with E-state index in [1.807, 2.05) is 29.6 Å². The van der Waals surface area contributed by atoms with E-state index in [1.165, 1.54) is 11.3 Å². The summed E-state index contributed by atoms with van der Waals surface area (Å²) in [4.78, 5) is 19.3. The highest BCUT2D eigenvalue weighted by Gasteiger charge is 2.11. The van der Waals surface area contributed by atoms with Crippen LogP contribution in [0, 0.1) is 0 Å². The number of aromatic nitrogens is 2. The summed E-state index contributed by atoms with van der Waals surface area (Å²) in [6, 6.07) is 9.06. The van der Waals surface area contributed by atoms with Crippen LogP contribution in [0.15, 0.2) is 41.9 Å². The molecule has 6 heteroatoms. The lowest BCUT2D eigenvalue weighted by molar-refractivity contribution is 0.0691. The number of nitrogens with one attached hydrogen (secondary N) is 1. The van der Waals surface area contributed by atoms with E-state index in [0.717, 1.165) is 10.8 Å². The molecule has 0 aliphatic heterocycles. The number of fused-ring (bicyclic) bond motifs is 1. The lowest BCUT2D eigenvalue weighted by Crippen LogP contribution is -2.03. The van der Waals surface area contributed by atoms with Gasteiger partial charge >= 0.3 is 5.97 Å². The molecule has 19 heavy (non-hydrogen) atoms. The van der Waals surface area contributed by atoms with Crippen LogP contribution in [0.1, 0.15) is 10.5 Å². The lowest BCUT2D eigenvalue weighted by Gasteiger charge is -2.07. The first-order valence-corrected chi connectivity index (χ1v) is 6.41. The molecule has 3 rings (SSSR count). The number of thiazole rings is 1. The molecule has 0 saturated heterocycles. The summed E-state index contributed by atoms with van der Waals surface area (Å²) in [5.74, 6) is -0.543. The van der Waals surface area contributed by atoms with E-state index in [4.69, 9.17) is 5.11 Å². The van der Waals surface area contributed by atoms with Gasteiger partial charge in [0.05, 0.1) is 0 Å². The van der Waals surface area contributed by atoms with Gasteiger partial charge < -0.3 is 10.4 Å². The smallest absolute Gasteiger partial charge is 0.354 e. The van der Waals surface area contributed by atoms with E-state index in [9.17, 15) is 4.79 Å². The number of pyridine rings is 1. The summed E-state index contributed by atoms with van der Waals surface area (Å²) in [7, 11) is 0. The zero-order valence-electron chi connectivity index (χ0n) is 9.70. The predicted octanol–water partition coefficient (Wildman–Crippen LogP) is 3.13. The van der Waals surface area contributed by atoms with Crippen molar-refractivity contribution >= 4 is 39.0 Å². The fourth-order valence-corrected chi connectivity index (χ4v) is 2.32. The van der Waals surface area contributed by atoms with Crippen molar-refractivity contribution in [1.82, 2.24) is 9.97 Å². The number of rotatable bonds is 3. The average molecular weight is 271 g/mol. The molecule has 1 aromatic carbocycles. The number of hydrogen-bond acceptors (Lipinski definition) is 5. The Bertz CT molecular complexity index is 741. The number of anilines is 2. The Hall–Kier alpha value is -2.47. The third-order valence-electron chi connectivity index (χ3n) is 2.62. The lowest BCUT2D eigenvalue weighted by atomic mass is 10.1. The second kappa shape index (κ2) is 4.66. The maximum Gasteiger partial charge on any atom is 0.354 e. The van der Waals surface area contributed by atoms with Gasteiger partial charge in [-0.1, -0.05) is 24.3 Å². The number of hydrogen-bond donors (Lipinski definition) is 2. The van der Waals surface area contributed by atoms with Gasteiger partial charge in [0.15, 0.2) is 10.8 Å². The van der Waals surface area contributed by atoms with Crippen molar-refractivity contribution in [2.24, 2.45) is 0 Å². The molecule has 5 nitrogen and oxygen atoms in total. The number of benzene rings is 1. The molecule has 0 aliphatic rings. The molecule has 0 radical (unpaired) electrons. The highest BCUT2D eigenvalue weighted by atomic mass is 32.1. The normalized spacial score (nSPS) is 10.5. The Morgan fingerprint density at radius 3 is 2.89 bits per heavy atom. The second-order valence-corrected chi connectivity index (χ2v) is 4.74. The SMILES string of the molecule is O=C(O)c1cc2ccccc2c(Nc2nccs2)n1. The standard InChI is InChI=1S/C13H9N3O2S/c17-12(18)10-7-8-3-1-2-4-9(8)11(15-10)16-13-14-5-6-19-13/h1-7H,(H,17,18)(H,14,15,16). The molecule has 0 atom stereocenters. The van der Waals surface area contributed by atoms with E-state index >= 15 is 0 Å². The first-order chi connectivity index (χ1) is 9.24. The summed E-state index contributed by atoms with van der Waals surface area (Å²) in [5, 5.41) is 16.4. The van der Waals surface area contributed by atoms with Gasteiger partial charge in [0.25, 0.3) is 0 Å². The number of carboxylic acid groups (broad SMARTS) is 1. The van der Waals surface area contributed by atoms with Crippen LogP contribution in [0.2, 0.25) is 0 Å². The van der Waals surface area contributed by atoms with Crippen molar-refractivity contribution in [2.75, 3.05) is 5.32 Å². The van der Waals surface area contributed by atoms with Gasteiger partial charge in [0, 0.05) is 17.0 Å². The average Bonchev–Trinajstić information content (AvgIpc) is 2.91. The van der Waals surface area contributed by atoms with E-state index in [-0.39, 0.29) is 5.69 Å². The largest absolute Gasteiger partial charge is 0.477 e. The molecule has 2 heterocycles. The number of nitrogens with zero attached hydrogens (tertiary/aromatic N) is 2. The van der Waals surface area contributed by atoms with Gasteiger partial charge in [-0.3, -0.25) is 0 Å². The van der Waals surface area contributed by atoms with Gasteiger partial charge in [-0.15, -0.1) is 11.3 Å². The van der Waals surface area contributed by atoms with E-state index in [1.54, 1.807) is 12.3 Å². The van der Waals surface area contributed by atoms with Gasteiger partial charge in [-0.05, 0) is 11.5 Å². The summed E-state index contributed by atoms with van der Waals surface area (Å²) in [5.41, 5.74) is 0.0118. The third-order valence-corrected chi connectivity index (χ3v) is 3.31. The molecule has 2 N–H and O–H groups in total. The van der Waals surface area contributed by atoms with Crippen molar-refractivity contribution in [3.63, 3.8) is 0 Å². The zero-order valence-corrected chi connectivity index (χ0v) is 10.5. The molecule has 0 saturated carbocycles. The highest BCUT2D eigenvalue weighted by molar-refractivity contribution is 7.13. The van der Waals surface area contributed by atoms with Crippen LogP contribution >= 0.6 is 11.3 Å². The molecule has 94 valence electrons. The molecular weight excluding hydrogens is 262 g/mol. The minimum Gasteiger partial charge on any atom is -0.477 e. The van der Waals surface area contributed by atoms with Gasteiger partial charge in [-0.25, -0.2) is 14.8 Å². The van der Waals surface area contributed by atoms with Crippen LogP contribution in [0.25, 0.3) is 10.8 Å². The van der Waals surface area contributed by atoms with Crippen LogP contribution in [-0.4, -0.2) is 21.0 Å². The van der Waals surface area contributed by atoms with Crippen molar-refractivity contribution in [3.8, 4) is 0 Å². The summed E-state index contributed by atoms with van der Waals surface area (Å²) < 4.78 is 0. The Labute approximate surface area is 112 Å². The highest BCUT2D eigenvalue weighted by Crippen LogP contribution is 2.26.